The number of rotatable bonds is 6. The first-order valence-electron chi connectivity index (χ1n) is 10.4. The van der Waals surface area contributed by atoms with Gasteiger partial charge in [-0.05, 0) is 72.1 Å². The van der Waals surface area contributed by atoms with Gasteiger partial charge in [0.1, 0.15) is 0 Å². The summed E-state index contributed by atoms with van der Waals surface area (Å²) in [5.41, 5.74) is -2.11. The molecule has 0 bridgehead atoms. The van der Waals surface area contributed by atoms with E-state index in [9.17, 15) is 26.3 Å². The second-order valence-electron chi connectivity index (χ2n) is 9.74. The Kier molecular flexibility index (Phi) is 7.06. The van der Waals surface area contributed by atoms with Gasteiger partial charge in [-0.2, -0.15) is 26.3 Å². The average molecular weight is 422 g/mol. The van der Waals surface area contributed by atoms with Crippen LogP contribution in [0.1, 0.15) is 89.3 Å². The van der Waals surface area contributed by atoms with Gasteiger partial charge in [-0.15, -0.1) is 0 Å². The van der Waals surface area contributed by atoms with Crippen molar-refractivity contribution in [3.05, 3.63) is 34.9 Å². The van der Waals surface area contributed by atoms with Crippen molar-refractivity contribution in [3.8, 4) is 0 Å². The molecule has 166 valence electrons. The maximum absolute atomic E-state index is 13.2. The largest absolute Gasteiger partial charge is 0.416 e. The van der Waals surface area contributed by atoms with Gasteiger partial charge in [0.05, 0.1) is 11.1 Å². The molecule has 4 unspecified atom stereocenters. The number of hydrogen-bond acceptors (Lipinski definition) is 0. The summed E-state index contributed by atoms with van der Waals surface area (Å²) in [5, 5.41) is 0. The number of benzene rings is 1. The Morgan fingerprint density at radius 1 is 0.931 bits per heavy atom. The van der Waals surface area contributed by atoms with Gasteiger partial charge < -0.3 is 0 Å². The molecule has 0 amide bonds. The summed E-state index contributed by atoms with van der Waals surface area (Å²) in [5.74, 6) is 0.899. The highest BCUT2D eigenvalue weighted by Gasteiger charge is 2.41. The SMILES string of the molecule is CCCC1CC(C)(C)CC1C(C)CC(C)c1cc(C(F)(F)F)cc(C(F)(F)F)c1. The standard InChI is InChI=1S/C23H32F6/c1-6-7-16-12-21(4,5)13-20(16)15(3)8-14(2)17-9-18(22(24,25)26)11-19(10-17)23(27,28)29/h9-11,14-16,20H,6-8,12-13H2,1-5H3. The topological polar surface area (TPSA) is 0 Å². The van der Waals surface area contributed by atoms with Crippen LogP contribution < -0.4 is 0 Å². The van der Waals surface area contributed by atoms with Gasteiger partial charge in [-0.25, -0.2) is 0 Å². The maximum atomic E-state index is 13.2. The van der Waals surface area contributed by atoms with Crippen molar-refractivity contribution in [2.45, 2.75) is 85.0 Å². The molecule has 0 radical (unpaired) electrons. The highest BCUT2D eigenvalue weighted by molar-refractivity contribution is 5.35. The van der Waals surface area contributed by atoms with E-state index in [0.717, 1.165) is 37.8 Å². The van der Waals surface area contributed by atoms with Gasteiger partial charge >= 0.3 is 12.4 Å². The summed E-state index contributed by atoms with van der Waals surface area (Å²) >= 11 is 0. The number of halogens is 6. The highest BCUT2D eigenvalue weighted by Crippen LogP contribution is 2.51. The predicted octanol–water partition coefficient (Wildman–Crippen LogP) is 8.71. The molecule has 0 heterocycles. The fraction of sp³-hybridized carbons (Fsp3) is 0.739. The van der Waals surface area contributed by atoms with Crippen molar-refractivity contribution in [1.29, 1.82) is 0 Å². The van der Waals surface area contributed by atoms with Crippen molar-refractivity contribution in [3.63, 3.8) is 0 Å². The first-order valence-corrected chi connectivity index (χ1v) is 10.4. The van der Waals surface area contributed by atoms with E-state index in [1.165, 1.54) is 0 Å². The second kappa shape index (κ2) is 8.50. The Labute approximate surface area is 170 Å². The van der Waals surface area contributed by atoms with E-state index < -0.39 is 23.5 Å². The molecule has 0 spiro atoms. The lowest BCUT2D eigenvalue weighted by atomic mass is 9.77. The summed E-state index contributed by atoms with van der Waals surface area (Å²) in [6.07, 6.45) is -4.63. The van der Waals surface area contributed by atoms with E-state index in [2.05, 4.69) is 27.7 Å². The monoisotopic (exact) mass is 422 g/mol. The van der Waals surface area contributed by atoms with Crippen LogP contribution in [0.2, 0.25) is 0 Å². The van der Waals surface area contributed by atoms with E-state index in [1.54, 1.807) is 6.92 Å². The molecule has 1 aliphatic carbocycles. The van der Waals surface area contributed by atoms with Crippen molar-refractivity contribution in [2.75, 3.05) is 0 Å². The maximum Gasteiger partial charge on any atom is 0.416 e. The quantitative estimate of drug-likeness (QED) is 0.402. The Bertz CT molecular complexity index is 653. The molecule has 0 saturated heterocycles. The minimum atomic E-state index is -4.80. The molecule has 1 fully saturated rings. The first kappa shape index (κ1) is 24.1. The molecule has 6 heteroatoms. The minimum absolute atomic E-state index is 0.114. The third-order valence-electron chi connectivity index (χ3n) is 6.50. The van der Waals surface area contributed by atoms with Crippen LogP contribution in [0.3, 0.4) is 0 Å². The summed E-state index contributed by atoms with van der Waals surface area (Å²) < 4.78 is 79.0. The third-order valence-corrected chi connectivity index (χ3v) is 6.50. The average Bonchev–Trinajstić information content (AvgIpc) is 2.88. The lowest BCUT2D eigenvalue weighted by molar-refractivity contribution is -0.143. The third kappa shape index (κ3) is 6.14. The summed E-state index contributed by atoms with van der Waals surface area (Å²) in [6.45, 7) is 10.5. The lowest BCUT2D eigenvalue weighted by Gasteiger charge is -2.29. The van der Waals surface area contributed by atoms with Crippen LogP contribution in [-0.4, -0.2) is 0 Å². The van der Waals surface area contributed by atoms with Crippen molar-refractivity contribution in [2.24, 2.45) is 23.2 Å². The van der Waals surface area contributed by atoms with Crippen LogP contribution in [-0.2, 0) is 12.4 Å². The van der Waals surface area contributed by atoms with Crippen molar-refractivity contribution < 1.29 is 26.3 Å². The van der Waals surface area contributed by atoms with Crippen LogP contribution in [0.5, 0.6) is 0 Å². The number of hydrogen-bond donors (Lipinski definition) is 0. The molecule has 4 atom stereocenters. The van der Waals surface area contributed by atoms with Crippen LogP contribution in [0.4, 0.5) is 26.3 Å². The molecule has 1 aromatic carbocycles. The fourth-order valence-electron chi connectivity index (χ4n) is 5.23. The Morgan fingerprint density at radius 3 is 1.90 bits per heavy atom. The normalized spacial score (nSPS) is 24.5. The molecule has 0 N–H and O–H groups in total. The predicted molar refractivity (Wildman–Crippen MR) is 104 cm³/mol. The van der Waals surface area contributed by atoms with Gasteiger partial charge in [0.25, 0.3) is 0 Å². The molecule has 1 aromatic rings. The van der Waals surface area contributed by atoms with E-state index in [0.29, 0.717) is 18.3 Å². The van der Waals surface area contributed by atoms with Gasteiger partial charge in [0, 0.05) is 0 Å². The molecule has 29 heavy (non-hydrogen) atoms. The minimum Gasteiger partial charge on any atom is -0.166 e. The van der Waals surface area contributed by atoms with Crippen LogP contribution in [0.25, 0.3) is 0 Å². The Hall–Kier alpha value is -1.20. The Morgan fingerprint density at radius 2 is 1.45 bits per heavy atom. The van der Waals surface area contributed by atoms with E-state index in [1.807, 2.05) is 0 Å². The molecule has 2 rings (SSSR count). The zero-order valence-electron chi connectivity index (χ0n) is 17.8. The lowest BCUT2D eigenvalue weighted by Crippen LogP contribution is -2.19. The zero-order valence-corrected chi connectivity index (χ0v) is 17.8. The Balaban J connectivity index is 2.26. The molecule has 1 saturated carbocycles. The van der Waals surface area contributed by atoms with Gasteiger partial charge in [0.15, 0.2) is 0 Å². The summed E-state index contributed by atoms with van der Waals surface area (Å²) in [6, 6.07) is 1.97. The smallest absolute Gasteiger partial charge is 0.166 e. The highest BCUT2D eigenvalue weighted by atomic mass is 19.4. The van der Waals surface area contributed by atoms with Crippen LogP contribution >= 0.6 is 0 Å². The zero-order chi connectivity index (χ0) is 22.2. The van der Waals surface area contributed by atoms with E-state index >= 15 is 0 Å². The molecule has 0 aliphatic heterocycles. The van der Waals surface area contributed by atoms with E-state index in [4.69, 9.17) is 0 Å². The summed E-state index contributed by atoms with van der Waals surface area (Å²) in [7, 11) is 0. The molecule has 1 aliphatic rings. The molecule has 0 nitrogen and oxygen atoms in total. The molecule has 0 aromatic heterocycles. The van der Waals surface area contributed by atoms with Gasteiger partial charge in [-0.1, -0.05) is 47.5 Å². The van der Waals surface area contributed by atoms with Crippen molar-refractivity contribution >= 4 is 0 Å². The second-order valence-corrected chi connectivity index (χ2v) is 9.74. The van der Waals surface area contributed by atoms with Crippen LogP contribution in [0, 0.1) is 23.2 Å². The first-order chi connectivity index (χ1) is 13.1. The number of alkyl halides is 6. The van der Waals surface area contributed by atoms with Crippen molar-refractivity contribution in [1.82, 2.24) is 0 Å². The van der Waals surface area contributed by atoms with Gasteiger partial charge in [-0.3, -0.25) is 0 Å². The van der Waals surface area contributed by atoms with E-state index in [-0.39, 0.29) is 28.9 Å². The van der Waals surface area contributed by atoms with Gasteiger partial charge in [0.2, 0.25) is 0 Å². The molecular weight excluding hydrogens is 390 g/mol. The van der Waals surface area contributed by atoms with Crippen LogP contribution in [0.15, 0.2) is 18.2 Å². The molecular formula is C23H32F6. The fourth-order valence-corrected chi connectivity index (χ4v) is 5.23. The summed E-state index contributed by atoms with van der Waals surface area (Å²) in [4.78, 5) is 0.